The molecular formula is C14H23ClN2O2. The molecule has 5 heteroatoms. The van der Waals surface area contributed by atoms with Gasteiger partial charge in [-0.15, -0.1) is 0 Å². The molecule has 1 aromatic rings. The molecule has 0 amide bonds. The first kappa shape index (κ1) is 16.0. The van der Waals surface area contributed by atoms with Gasteiger partial charge in [0.25, 0.3) is 5.56 Å². The van der Waals surface area contributed by atoms with E-state index in [4.69, 9.17) is 11.6 Å². The first-order chi connectivity index (χ1) is 8.84. The van der Waals surface area contributed by atoms with Gasteiger partial charge >= 0.3 is 5.69 Å². The minimum Gasteiger partial charge on any atom is -0.297 e. The Hall–Kier alpha value is -1.03. The van der Waals surface area contributed by atoms with Crippen molar-refractivity contribution in [1.29, 1.82) is 0 Å². The van der Waals surface area contributed by atoms with E-state index in [1.807, 2.05) is 13.8 Å². The fraction of sp³-hybridized carbons (Fsp3) is 0.714. The van der Waals surface area contributed by atoms with E-state index in [2.05, 4.69) is 18.8 Å². The zero-order chi connectivity index (χ0) is 14.6. The van der Waals surface area contributed by atoms with E-state index in [0.29, 0.717) is 18.0 Å². The fourth-order valence-electron chi connectivity index (χ4n) is 2.09. The van der Waals surface area contributed by atoms with Gasteiger partial charge in [0.15, 0.2) is 0 Å². The lowest BCUT2D eigenvalue weighted by Crippen LogP contribution is -2.37. The summed E-state index contributed by atoms with van der Waals surface area (Å²) >= 11 is 5.94. The van der Waals surface area contributed by atoms with E-state index in [9.17, 15) is 9.59 Å². The predicted molar refractivity (Wildman–Crippen MR) is 79.1 cm³/mol. The van der Waals surface area contributed by atoms with Crippen molar-refractivity contribution in [1.82, 2.24) is 9.55 Å². The molecule has 0 bridgehead atoms. The van der Waals surface area contributed by atoms with Crippen LogP contribution in [0, 0.1) is 5.92 Å². The Morgan fingerprint density at radius 1 is 1.16 bits per heavy atom. The van der Waals surface area contributed by atoms with Crippen LogP contribution < -0.4 is 11.2 Å². The molecule has 1 N–H and O–H groups in total. The largest absolute Gasteiger partial charge is 0.329 e. The van der Waals surface area contributed by atoms with Crippen LogP contribution in [-0.2, 0) is 6.54 Å². The van der Waals surface area contributed by atoms with Crippen LogP contribution in [0.1, 0.15) is 58.4 Å². The third-order valence-electron chi connectivity index (χ3n) is 3.16. The summed E-state index contributed by atoms with van der Waals surface area (Å²) in [6.07, 6.45) is 2.96. The van der Waals surface area contributed by atoms with E-state index in [-0.39, 0.29) is 16.6 Å². The van der Waals surface area contributed by atoms with E-state index in [0.717, 1.165) is 19.3 Å². The standard InChI is InChI=1S/C14H23ClN2O2/c1-9(2)7-5-6-8-17-13(18)11(10(3)4)12(15)16-14(17)19/h9-10H,5-8H2,1-4H3,(H,16,19). The fourth-order valence-corrected chi connectivity index (χ4v) is 2.47. The van der Waals surface area contributed by atoms with Gasteiger partial charge < -0.3 is 0 Å². The van der Waals surface area contributed by atoms with E-state index in [1.165, 1.54) is 4.57 Å². The van der Waals surface area contributed by atoms with Crippen molar-refractivity contribution < 1.29 is 0 Å². The number of unbranched alkanes of at least 4 members (excludes halogenated alkanes) is 1. The van der Waals surface area contributed by atoms with E-state index < -0.39 is 5.69 Å². The summed E-state index contributed by atoms with van der Waals surface area (Å²) in [5, 5.41) is 0.170. The van der Waals surface area contributed by atoms with Gasteiger partial charge in [-0.05, 0) is 18.3 Å². The second kappa shape index (κ2) is 6.94. The normalized spacial score (nSPS) is 11.5. The Morgan fingerprint density at radius 2 is 1.79 bits per heavy atom. The molecule has 0 saturated carbocycles. The highest BCUT2D eigenvalue weighted by Gasteiger charge is 2.15. The van der Waals surface area contributed by atoms with Gasteiger partial charge in [0.1, 0.15) is 5.15 Å². The predicted octanol–water partition coefficient (Wildman–Crippen LogP) is 3.14. The summed E-state index contributed by atoms with van der Waals surface area (Å²) < 4.78 is 1.27. The Kier molecular flexibility index (Phi) is 5.85. The number of hydrogen-bond acceptors (Lipinski definition) is 2. The van der Waals surface area contributed by atoms with Crippen LogP contribution in [0.3, 0.4) is 0 Å². The maximum atomic E-state index is 12.2. The van der Waals surface area contributed by atoms with E-state index >= 15 is 0 Å². The zero-order valence-electron chi connectivity index (χ0n) is 12.1. The van der Waals surface area contributed by atoms with Crippen molar-refractivity contribution in [2.45, 2.75) is 59.4 Å². The maximum absolute atomic E-state index is 12.2. The lowest BCUT2D eigenvalue weighted by atomic mass is 10.1. The van der Waals surface area contributed by atoms with Crippen molar-refractivity contribution >= 4 is 11.6 Å². The highest BCUT2D eigenvalue weighted by Crippen LogP contribution is 2.16. The van der Waals surface area contributed by atoms with Gasteiger partial charge in [-0.25, -0.2) is 4.79 Å². The lowest BCUT2D eigenvalue weighted by Gasteiger charge is -2.11. The van der Waals surface area contributed by atoms with Crippen molar-refractivity contribution in [3.8, 4) is 0 Å². The van der Waals surface area contributed by atoms with Crippen molar-refractivity contribution in [3.63, 3.8) is 0 Å². The smallest absolute Gasteiger partial charge is 0.297 e. The van der Waals surface area contributed by atoms with Crippen LogP contribution >= 0.6 is 11.6 Å². The molecule has 1 aromatic heterocycles. The quantitative estimate of drug-likeness (QED) is 0.645. The van der Waals surface area contributed by atoms with Crippen molar-refractivity contribution in [2.75, 3.05) is 0 Å². The zero-order valence-corrected chi connectivity index (χ0v) is 12.9. The first-order valence-corrected chi connectivity index (χ1v) is 7.24. The summed E-state index contributed by atoms with van der Waals surface area (Å²) in [4.78, 5) is 26.6. The number of hydrogen-bond donors (Lipinski definition) is 1. The number of nitrogens with one attached hydrogen (secondary N) is 1. The molecule has 108 valence electrons. The molecule has 0 aliphatic carbocycles. The number of aromatic nitrogens is 2. The highest BCUT2D eigenvalue weighted by molar-refractivity contribution is 6.30. The van der Waals surface area contributed by atoms with Crippen LogP contribution in [0.15, 0.2) is 9.59 Å². The molecule has 0 saturated heterocycles. The average molecular weight is 287 g/mol. The molecule has 1 rings (SSSR count). The minimum absolute atomic E-state index is 0.00114. The second-order valence-corrected chi connectivity index (χ2v) is 6.04. The van der Waals surface area contributed by atoms with Gasteiger partial charge in [0, 0.05) is 6.54 Å². The van der Waals surface area contributed by atoms with Gasteiger partial charge in [-0.1, -0.05) is 52.1 Å². The summed E-state index contributed by atoms with van der Waals surface area (Å²) in [6.45, 7) is 8.57. The minimum atomic E-state index is -0.413. The second-order valence-electron chi connectivity index (χ2n) is 5.66. The molecule has 0 aromatic carbocycles. The Labute approximate surface area is 118 Å². The molecule has 0 atom stereocenters. The third-order valence-corrected chi connectivity index (χ3v) is 3.46. The maximum Gasteiger partial charge on any atom is 0.329 e. The molecule has 0 fully saturated rings. The Morgan fingerprint density at radius 3 is 2.32 bits per heavy atom. The lowest BCUT2D eigenvalue weighted by molar-refractivity contribution is 0.494. The summed E-state index contributed by atoms with van der Waals surface area (Å²) in [5.41, 5.74) is -0.178. The number of nitrogens with zero attached hydrogens (tertiary/aromatic N) is 1. The van der Waals surface area contributed by atoms with Gasteiger partial charge in [-0.3, -0.25) is 14.3 Å². The first-order valence-electron chi connectivity index (χ1n) is 6.87. The van der Waals surface area contributed by atoms with Crippen molar-refractivity contribution in [2.24, 2.45) is 5.92 Å². The van der Waals surface area contributed by atoms with Crippen LogP contribution in [-0.4, -0.2) is 9.55 Å². The average Bonchev–Trinajstić information content (AvgIpc) is 2.26. The summed E-state index contributed by atoms with van der Waals surface area (Å²) in [7, 11) is 0. The van der Waals surface area contributed by atoms with E-state index in [1.54, 1.807) is 0 Å². The third kappa shape index (κ3) is 4.23. The van der Waals surface area contributed by atoms with Gasteiger partial charge in [0.2, 0.25) is 0 Å². The molecule has 0 aliphatic heterocycles. The molecule has 0 aliphatic rings. The number of halogens is 1. The van der Waals surface area contributed by atoms with Gasteiger partial charge in [-0.2, -0.15) is 0 Å². The molecule has 1 heterocycles. The van der Waals surface area contributed by atoms with Crippen LogP contribution in [0.4, 0.5) is 0 Å². The summed E-state index contributed by atoms with van der Waals surface area (Å²) in [5.74, 6) is 0.644. The monoisotopic (exact) mass is 286 g/mol. The molecule has 0 unspecified atom stereocenters. The Balaban J connectivity index is 2.93. The van der Waals surface area contributed by atoms with Crippen molar-refractivity contribution in [3.05, 3.63) is 31.6 Å². The molecule has 0 spiro atoms. The number of aromatic amines is 1. The van der Waals surface area contributed by atoms with Gasteiger partial charge in [0.05, 0.1) is 5.56 Å². The topological polar surface area (TPSA) is 54.9 Å². The van der Waals surface area contributed by atoms with Crippen LogP contribution in [0.25, 0.3) is 0 Å². The SMILES string of the molecule is CC(C)CCCCn1c(=O)[nH]c(Cl)c(C(C)C)c1=O. The number of H-pyrrole nitrogens is 1. The Bertz CT molecular complexity index is 529. The van der Waals surface area contributed by atoms with Crippen LogP contribution in [0.2, 0.25) is 5.15 Å². The molecule has 19 heavy (non-hydrogen) atoms. The highest BCUT2D eigenvalue weighted by atomic mass is 35.5. The summed E-state index contributed by atoms with van der Waals surface area (Å²) in [6, 6.07) is 0. The molecular weight excluding hydrogens is 264 g/mol. The molecule has 4 nitrogen and oxygen atoms in total. The molecule has 0 radical (unpaired) electrons. The van der Waals surface area contributed by atoms with Crippen LogP contribution in [0.5, 0.6) is 0 Å². The number of rotatable bonds is 6.